The molecule has 0 saturated heterocycles. The largest absolute Gasteiger partial charge is 0.464 e. The molecule has 0 N–H and O–H groups in total. The molecule has 2 aliphatic rings. The van der Waals surface area contributed by atoms with Crippen LogP contribution in [0.25, 0.3) is 0 Å². The second-order valence-corrected chi connectivity index (χ2v) is 4.95. The number of nitrogens with zero attached hydrogens (tertiary/aromatic N) is 2. The van der Waals surface area contributed by atoms with Crippen LogP contribution in [0.5, 0.6) is 0 Å². The average molecular weight is 238 g/mol. The minimum atomic E-state index is -0.623. The number of ether oxygens (including phenoxy) is 1. The van der Waals surface area contributed by atoms with Gasteiger partial charge in [-0.05, 0) is 26.7 Å². The number of esters is 1. The van der Waals surface area contributed by atoms with Crippen molar-refractivity contribution >= 4 is 17.6 Å². The molecule has 1 heterocycles. The molecule has 0 aromatic heterocycles. The Labute approximate surface area is 101 Å². The zero-order valence-electron chi connectivity index (χ0n) is 10.5. The molecule has 1 fully saturated rings. The highest BCUT2D eigenvalue weighted by Gasteiger charge is 2.47. The summed E-state index contributed by atoms with van der Waals surface area (Å²) in [5.41, 5.74) is 1.01. The summed E-state index contributed by atoms with van der Waals surface area (Å²) in [4.78, 5) is 23.4. The first-order chi connectivity index (χ1) is 7.98. The van der Waals surface area contributed by atoms with E-state index in [0.717, 1.165) is 18.6 Å². The summed E-state index contributed by atoms with van der Waals surface area (Å²) in [5, 5.41) is 5.58. The van der Waals surface area contributed by atoms with Crippen molar-refractivity contribution in [2.45, 2.75) is 46.1 Å². The number of amides is 1. The first kappa shape index (κ1) is 12.1. The third-order valence-electron chi connectivity index (χ3n) is 3.49. The van der Waals surface area contributed by atoms with Crippen molar-refractivity contribution in [2.75, 3.05) is 6.61 Å². The fraction of sp³-hybridized carbons (Fsp3) is 0.750. The molecule has 1 amide bonds. The highest BCUT2D eigenvalue weighted by atomic mass is 16.5. The van der Waals surface area contributed by atoms with Crippen LogP contribution in [0, 0.1) is 5.41 Å². The van der Waals surface area contributed by atoms with Gasteiger partial charge in [0.05, 0.1) is 18.7 Å². The highest BCUT2D eigenvalue weighted by Crippen LogP contribution is 2.48. The molecule has 1 unspecified atom stereocenters. The van der Waals surface area contributed by atoms with E-state index in [1.165, 1.54) is 5.01 Å². The standard InChI is InChI=1S/C12H18N2O3/c1-4-17-11(16)8(2)14-10(15)7-9(13-14)12(3)5-6-12/h8H,4-7H2,1-3H3. The van der Waals surface area contributed by atoms with Crippen LogP contribution in [-0.2, 0) is 14.3 Å². The lowest BCUT2D eigenvalue weighted by molar-refractivity contribution is -0.153. The third-order valence-corrected chi connectivity index (χ3v) is 3.49. The van der Waals surface area contributed by atoms with Crippen LogP contribution in [0.4, 0.5) is 0 Å². The van der Waals surface area contributed by atoms with Gasteiger partial charge in [-0.15, -0.1) is 0 Å². The first-order valence-corrected chi connectivity index (χ1v) is 6.04. The van der Waals surface area contributed by atoms with Crippen LogP contribution in [-0.4, -0.2) is 35.2 Å². The molecule has 1 atom stereocenters. The van der Waals surface area contributed by atoms with E-state index in [2.05, 4.69) is 12.0 Å². The van der Waals surface area contributed by atoms with Crippen molar-refractivity contribution in [3.63, 3.8) is 0 Å². The van der Waals surface area contributed by atoms with Gasteiger partial charge in [0.25, 0.3) is 0 Å². The normalized spacial score (nSPS) is 23.4. The quantitative estimate of drug-likeness (QED) is 0.694. The number of hydrogen-bond donors (Lipinski definition) is 0. The lowest BCUT2D eigenvalue weighted by Crippen LogP contribution is -2.38. The van der Waals surface area contributed by atoms with Crippen LogP contribution >= 0.6 is 0 Å². The summed E-state index contributed by atoms with van der Waals surface area (Å²) < 4.78 is 4.90. The molecule has 0 spiro atoms. The maximum Gasteiger partial charge on any atom is 0.330 e. The Balaban J connectivity index is 2.08. The van der Waals surface area contributed by atoms with E-state index in [0.29, 0.717) is 13.0 Å². The Hall–Kier alpha value is -1.39. The molecular weight excluding hydrogens is 220 g/mol. The lowest BCUT2D eigenvalue weighted by Gasteiger charge is -2.18. The van der Waals surface area contributed by atoms with Crippen LogP contribution in [0.3, 0.4) is 0 Å². The molecule has 0 bridgehead atoms. The summed E-state index contributed by atoms with van der Waals surface area (Å²) in [6.07, 6.45) is 2.52. The Bertz CT molecular complexity index is 385. The molecule has 5 heteroatoms. The summed E-state index contributed by atoms with van der Waals surface area (Å²) in [6.45, 7) is 5.82. The van der Waals surface area contributed by atoms with Gasteiger partial charge in [0, 0.05) is 5.41 Å². The Kier molecular flexibility index (Phi) is 2.93. The van der Waals surface area contributed by atoms with Gasteiger partial charge in [0.15, 0.2) is 0 Å². The van der Waals surface area contributed by atoms with E-state index in [-0.39, 0.29) is 11.3 Å². The maximum atomic E-state index is 11.8. The molecular formula is C12H18N2O3. The molecule has 1 aliphatic carbocycles. The Morgan fingerprint density at radius 3 is 2.76 bits per heavy atom. The molecule has 0 aromatic carbocycles. The number of carbonyl (C=O) groups is 2. The molecule has 0 aromatic rings. The summed E-state index contributed by atoms with van der Waals surface area (Å²) in [5.74, 6) is -0.500. The van der Waals surface area contributed by atoms with Crippen molar-refractivity contribution in [2.24, 2.45) is 10.5 Å². The van der Waals surface area contributed by atoms with Crippen molar-refractivity contribution in [3.05, 3.63) is 0 Å². The van der Waals surface area contributed by atoms with E-state index < -0.39 is 12.0 Å². The van der Waals surface area contributed by atoms with E-state index in [9.17, 15) is 9.59 Å². The van der Waals surface area contributed by atoms with E-state index in [1.54, 1.807) is 13.8 Å². The molecule has 1 saturated carbocycles. The number of carbonyl (C=O) groups excluding carboxylic acids is 2. The molecule has 5 nitrogen and oxygen atoms in total. The molecule has 0 radical (unpaired) electrons. The Morgan fingerprint density at radius 2 is 2.24 bits per heavy atom. The number of rotatable bonds is 4. The molecule has 2 rings (SSSR count). The van der Waals surface area contributed by atoms with Crippen molar-refractivity contribution < 1.29 is 14.3 Å². The number of hydrogen-bond acceptors (Lipinski definition) is 4. The highest BCUT2D eigenvalue weighted by molar-refractivity contribution is 6.09. The van der Waals surface area contributed by atoms with Gasteiger partial charge < -0.3 is 4.74 Å². The van der Waals surface area contributed by atoms with Crippen molar-refractivity contribution in [1.29, 1.82) is 0 Å². The zero-order valence-corrected chi connectivity index (χ0v) is 10.5. The van der Waals surface area contributed by atoms with Gasteiger partial charge in [-0.2, -0.15) is 5.10 Å². The monoisotopic (exact) mass is 238 g/mol. The van der Waals surface area contributed by atoms with E-state index >= 15 is 0 Å². The molecule has 1 aliphatic heterocycles. The van der Waals surface area contributed by atoms with Gasteiger partial charge in [0.1, 0.15) is 6.04 Å². The lowest BCUT2D eigenvalue weighted by atomic mass is 10.0. The van der Waals surface area contributed by atoms with Crippen LogP contribution < -0.4 is 0 Å². The topological polar surface area (TPSA) is 59.0 Å². The van der Waals surface area contributed by atoms with E-state index in [4.69, 9.17) is 4.74 Å². The van der Waals surface area contributed by atoms with Gasteiger partial charge in [-0.25, -0.2) is 9.80 Å². The maximum absolute atomic E-state index is 11.8. The summed E-state index contributed by atoms with van der Waals surface area (Å²) in [6, 6.07) is -0.623. The SMILES string of the molecule is CCOC(=O)C(C)N1N=C(C2(C)CC2)CC1=O. The second-order valence-electron chi connectivity index (χ2n) is 4.95. The fourth-order valence-corrected chi connectivity index (χ4v) is 1.92. The molecule has 94 valence electrons. The van der Waals surface area contributed by atoms with Crippen molar-refractivity contribution in [3.8, 4) is 0 Å². The predicted octanol–water partition coefficient (Wildman–Crippen LogP) is 1.33. The minimum absolute atomic E-state index is 0.0960. The second kappa shape index (κ2) is 4.13. The number of hydrazone groups is 1. The van der Waals surface area contributed by atoms with E-state index in [1.807, 2.05) is 0 Å². The average Bonchev–Trinajstić information content (AvgIpc) is 2.90. The van der Waals surface area contributed by atoms with Gasteiger partial charge in [-0.3, -0.25) is 4.79 Å². The van der Waals surface area contributed by atoms with Crippen molar-refractivity contribution in [1.82, 2.24) is 5.01 Å². The van der Waals surface area contributed by atoms with Gasteiger partial charge >= 0.3 is 5.97 Å². The first-order valence-electron chi connectivity index (χ1n) is 6.04. The van der Waals surface area contributed by atoms with Crippen LogP contribution in [0.1, 0.15) is 40.0 Å². The summed E-state index contributed by atoms with van der Waals surface area (Å²) in [7, 11) is 0. The minimum Gasteiger partial charge on any atom is -0.464 e. The third kappa shape index (κ3) is 2.18. The van der Waals surface area contributed by atoms with Crippen LogP contribution in [0.15, 0.2) is 5.10 Å². The smallest absolute Gasteiger partial charge is 0.330 e. The Morgan fingerprint density at radius 1 is 1.59 bits per heavy atom. The fourth-order valence-electron chi connectivity index (χ4n) is 1.92. The van der Waals surface area contributed by atoms with Crippen LogP contribution in [0.2, 0.25) is 0 Å². The molecule has 17 heavy (non-hydrogen) atoms. The predicted molar refractivity (Wildman–Crippen MR) is 62.3 cm³/mol. The summed E-state index contributed by atoms with van der Waals surface area (Å²) >= 11 is 0. The zero-order chi connectivity index (χ0) is 12.6. The van der Waals surface area contributed by atoms with Gasteiger partial charge in [0.2, 0.25) is 5.91 Å². The van der Waals surface area contributed by atoms with Gasteiger partial charge in [-0.1, -0.05) is 6.92 Å².